The molecule has 0 spiro atoms. The quantitative estimate of drug-likeness (QED) is 0.686. The Bertz CT molecular complexity index is 864. The fraction of sp³-hybridized carbons (Fsp3) is 0.364. The number of amides is 2. The van der Waals surface area contributed by atoms with E-state index >= 15 is 0 Å². The molecule has 3 rings (SSSR count). The maximum Gasteiger partial charge on any atom is 0.227 e. The molecule has 1 atom stereocenters. The summed E-state index contributed by atoms with van der Waals surface area (Å²) in [6.07, 6.45) is 0.229. The summed E-state index contributed by atoms with van der Waals surface area (Å²) < 4.78 is 5.78. The molecule has 1 aliphatic rings. The van der Waals surface area contributed by atoms with Crippen LogP contribution >= 0.6 is 23.2 Å². The van der Waals surface area contributed by atoms with Gasteiger partial charge in [0.25, 0.3) is 0 Å². The van der Waals surface area contributed by atoms with E-state index in [0.29, 0.717) is 34.8 Å². The average molecular weight is 435 g/mol. The summed E-state index contributed by atoms with van der Waals surface area (Å²) in [5.41, 5.74) is 1.47. The number of hydrogen-bond acceptors (Lipinski definition) is 3. The molecular formula is C22H24Cl2N2O3. The van der Waals surface area contributed by atoms with Crippen molar-refractivity contribution in [2.75, 3.05) is 18.0 Å². The highest BCUT2D eigenvalue weighted by Crippen LogP contribution is 2.29. The Hall–Kier alpha value is -2.24. The molecule has 2 aromatic carbocycles. The number of carbonyl (C=O) groups excluding carboxylic acids is 2. The zero-order valence-corrected chi connectivity index (χ0v) is 18.0. The monoisotopic (exact) mass is 434 g/mol. The standard InChI is InChI=1S/C22H24Cl2N2O3/c1-14(2)11-25-22(28)15-10-21(27)26(12-15)16-6-8-17(9-7-16)29-13-18-19(23)4-3-5-20(18)24/h3-9,14-15H,10-13H2,1-2H3,(H,25,28). The third-order valence-corrected chi connectivity index (χ3v) is 5.48. The van der Waals surface area contributed by atoms with E-state index in [1.807, 2.05) is 26.0 Å². The van der Waals surface area contributed by atoms with Gasteiger partial charge in [0.05, 0.1) is 5.92 Å². The van der Waals surface area contributed by atoms with Crippen molar-refractivity contribution in [1.82, 2.24) is 5.32 Å². The molecule has 0 bridgehead atoms. The molecule has 0 saturated carbocycles. The van der Waals surface area contributed by atoms with Crippen molar-refractivity contribution in [2.24, 2.45) is 11.8 Å². The lowest BCUT2D eigenvalue weighted by Gasteiger charge is -2.18. The van der Waals surface area contributed by atoms with Crippen LogP contribution in [-0.2, 0) is 16.2 Å². The van der Waals surface area contributed by atoms with Crippen molar-refractivity contribution < 1.29 is 14.3 Å². The maximum atomic E-state index is 12.4. The Balaban J connectivity index is 1.60. The van der Waals surface area contributed by atoms with Gasteiger partial charge in [-0.25, -0.2) is 0 Å². The first-order valence-electron chi connectivity index (χ1n) is 9.59. The molecule has 2 amide bonds. The van der Waals surface area contributed by atoms with Crippen molar-refractivity contribution in [3.63, 3.8) is 0 Å². The predicted octanol–water partition coefficient (Wildman–Crippen LogP) is 4.70. The second-order valence-electron chi connectivity index (χ2n) is 7.53. The molecule has 29 heavy (non-hydrogen) atoms. The number of nitrogens with one attached hydrogen (secondary N) is 1. The first-order chi connectivity index (χ1) is 13.8. The van der Waals surface area contributed by atoms with Gasteiger partial charge in [-0.05, 0) is 42.3 Å². The van der Waals surface area contributed by atoms with E-state index in [4.69, 9.17) is 27.9 Å². The molecule has 1 N–H and O–H groups in total. The van der Waals surface area contributed by atoms with Crippen LogP contribution in [0.1, 0.15) is 25.8 Å². The summed E-state index contributed by atoms with van der Waals surface area (Å²) in [5, 5.41) is 4.02. The molecule has 1 heterocycles. The van der Waals surface area contributed by atoms with Gasteiger partial charge in [-0.15, -0.1) is 0 Å². The van der Waals surface area contributed by atoms with Crippen molar-refractivity contribution >= 4 is 40.7 Å². The zero-order valence-electron chi connectivity index (χ0n) is 16.5. The molecular weight excluding hydrogens is 411 g/mol. The summed E-state index contributed by atoms with van der Waals surface area (Å²) in [6, 6.07) is 12.5. The second kappa shape index (κ2) is 9.51. The Morgan fingerprint density at radius 3 is 2.45 bits per heavy atom. The summed E-state index contributed by atoms with van der Waals surface area (Å²) >= 11 is 12.3. The third kappa shape index (κ3) is 5.43. The van der Waals surface area contributed by atoms with Crippen LogP contribution in [0.3, 0.4) is 0 Å². The van der Waals surface area contributed by atoms with Crippen LogP contribution in [0.15, 0.2) is 42.5 Å². The predicted molar refractivity (Wildman–Crippen MR) is 116 cm³/mol. The Labute approximate surface area is 180 Å². The minimum atomic E-state index is -0.320. The molecule has 1 aliphatic heterocycles. The Kier molecular flexibility index (Phi) is 7.04. The van der Waals surface area contributed by atoms with Crippen LogP contribution in [0.4, 0.5) is 5.69 Å². The number of anilines is 1. The van der Waals surface area contributed by atoms with Gasteiger partial charge in [0.1, 0.15) is 12.4 Å². The molecule has 0 aliphatic carbocycles. The molecule has 0 radical (unpaired) electrons. The summed E-state index contributed by atoms with van der Waals surface area (Å²) in [7, 11) is 0. The van der Waals surface area contributed by atoms with Gasteiger partial charge in [0.2, 0.25) is 11.8 Å². The SMILES string of the molecule is CC(C)CNC(=O)C1CC(=O)N(c2ccc(OCc3c(Cl)cccc3Cl)cc2)C1. The van der Waals surface area contributed by atoms with Gasteiger partial charge in [0.15, 0.2) is 0 Å². The third-order valence-electron chi connectivity index (χ3n) is 4.77. The van der Waals surface area contributed by atoms with Gasteiger partial charge < -0.3 is 15.0 Å². The largest absolute Gasteiger partial charge is 0.489 e. The summed E-state index contributed by atoms with van der Waals surface area (Å²) in [4.78, 5) is 26.3. The number of benzene rings is 2. The van der Waals surface area contributed by atoms with Crippen LogP contribution in [0.25, 0.3) is 0 Å². The van der Waals surface area contributed by atoms with Crippen LogP contribution in [0, 0.1) is 11.8 Å². The molecule has 1 saturated heterocycles. The van der Waals surface area contributed by atoms with E-state index in [-0.39, 0.29) is 30.8 Å². The number of ether oxygens (including phenoxy) is 1. The highest BCUT2D eigenvalue weighted by molar-refractivity contribution is 6.35. The van der Waals surface area contributed by atoms with Crippen molar-refractivity contribution in [1.29, 1.82) is 0 Å². The normalized spacial score (nSPS) is 16.4. The fourth-order valence-corrected chi connectivity index (χ4v) is 3.64. The van der Waals surface area contributed by atoms with Gasteiger partial charge in [-0.3, -0.25) is 9.59 Å². The first-order valence-corrected chi connectivity index (χ1v) is 10.3. The van der Waals surface area contributed by atoms with Crippen molar-refractivity contribution in [3.05, 3.63) is 58.1 Å². The molecule has 7 heteroatoms. The highest BCUT2D eigenvalue weighted by Gasteiger charge is 2.35. The van der Waals surface area contributed by atoms with Gasteiger partial charge in [0, 0.05) is 40.8 Å². The zero-order chi connectivity index (χ0) is 21.0. The summed E-state index contributed by atoms with van der Waals surface area (Å²) in [5.74, 6) is 0.583. The average Bonchev–Trinajstić information content (AvgIpc) is 3.08. The van der Waals surface area contributed by atoms with Crippen LogP contribution in [0.2, 0.25) is 10.0 Å². The van der Waals surface area contributed by atoms with E-state index in [0.717, 1.165) is 11.3 Å². The number of carbonyl (C=O) groups is 2. The van der Waals surface area contributed by atoms with Gasteiger partial charge >= 0.3 is 0 Å². The van der Waals surface area contributed by atoms with Gasteiger partial charge in [-0.2, -0.15) is 0 Å². The molecule has 1 fully saturated rings. The van der Waals surface area contributed by atoms with E-state index in [1.165, 1.54) is 0 Å². The van der Waals surface area contributed by atoms with Crippen LogP contribution in [0.5, 0.6) is 5.75 Å². The number of rotatable bonds is 7. The van der Waals surface area contributed by atoms with E-state index < -0.39 is 0 Å². The molecule has 5 nitrogen and oxygen atoms in total. The van der Waals surface area contributed by atoms with E-state index in [2.05, 4.69) is 5.32 Å². The minimum absolute atomic E-state index is 0.0498. The molecule has 1 unspecified atom stereocenters. The smallest absolute Gasteiger partial charge is 0.227 e. The van der Waals surface area contributed by atoms with Gasteiger partial charge in [-0.1, -0.05) is 43.1 Å². The van der Waals surface area contributed by atoms with Crippen molar-refractivity contribution in [2.45, 2.75) is 26.9 Å². The second-order valence-corrected chi connectivity index (χ2v) is 8.34. The molecule has 2 aromatic rings. The minimum Gasteiger partial charge on any atom is -0.489 e. The lowest BCUT2D eigenvalue weighted by atomic mass is 10.1. The molecule has 154 valence electrons. The van der Waals surface area contributed by atoms with Crippen LogP contribution < -0.4 is 15.0 Å². The lowest BCUT2D eigenvalue weighted by Crippen LogP contribution is -2.34. The summed E-state index contributed by atoms with van der Waals surface area (Å²) in [6.45, 7) is 5.33. The lowest BCUT2D eigenvalue weighted by molar-refractivity contribution is -0.126. The number of nitrogens with zero attached hydrogens (tertiary/aromatic N) is 1. The van der Waals surface area contributed by atoms with Crippen molar-refractivity contribution in [3.8, 4) is 5.75 Å². The van der Waals surface area contributed by atoms with E-state index in [1.54, 1.807) is 35.2 Å². The first kappa shape index (κ1) is 21.5. The Morgan fingerprint density at radius 1 is 1.17 bits per heavy atom. The topological polar surface area (TPSA) is 58.6 Å². The highest BCUT2D eigenvalue weighted by atomic mass is 35.5. The maximum absolute atomic E-state index is 12.4. The Morgan fingerprint density at radius 2 is 1.83 bits per heavy atom. The number of hydrogen-bond donors (Lipinski definition) is 1. The van der Waals surface area contributed by atoms with E-state index in [9.17, 15) is 9.59 Å². The van der Waals surface area contributed by atoms with Crippen LogP contribution in [-0.4, -0.2) is 24.9 Å². The molecule has 0 aromatic heterocycles. The fourth-order valence-electron chi connectivity index (χ4n) is 3.13. The number of halogens is 2.